The molecule has 2 aromatic rings. The molecule has 0 aliphatic heterocycles. The zero-order valence-corrected chi connectivity index (χ0v) is 12.7. The summed E-state index contributed by atoms with van der Waals surface area (Å²) in [4.78, 5) is 0. The quantitative estimate of drug-likeness (QED) is 0.864. The van der Waals surface area contributed by atoms with Crippen LogP contribution in [-0.2, 0) is 6.42 Å². The highest BCUT2D eigenvalue weighted by Gasteiger charge is 2.32. The number of nitrogens with one attached hydrogen (secondary N) is 1. The Morgan fingerprint density at radius 1 is 1.00 bits per heavy atom. The molecule has 0 bridgehead atoms. The maximum absolute atomic E-state index is 3.54. The minimum Gasteiger partial charge on any atom is -0.312 e. The lowest BCUT2D eigenvalue weighted by Gasteiger charge is -2.37. The van der Waals surface area contributed by atoms with Crippen LogP contribution in [-0.4, -0.2) is 7.05 Å². The first kappa shape index (κ1) is 13.1. The van der Waals surface area contributed by atoms with Gasteiger partial charge in [-0.25, -0.2) is 0 Å². The highest BCUT2D eigenvalue weighted by Crippen LogP contribution is 2.44. The van der Waals surface area contributed by atoms with E-state index in [0.29, 0.717) is 12.0 Å². The van der Waals surface area contributed by atoms with Crippen molar-refractivity contribution in [3.63, 3.8) is 0 Å². The third-order valence-electron chi connectivity index (χ3n) is 5.48. The van der Waals surface area contributed by atoms with Gasteiger partial charge < -0.3 is 5.32 Å². The van der Waals surface area contributed by atoms with E-state index in [1.54, 1.807) is 0 Å². The van der Waals surface area contributed by atoms with Crippen LogP contribution >= 0.6 is 0 Å². The highest BCUT2D eigenvalue weighted by atomic mass is 14.9. The molecule has 2 aliphatic carbocycles. The number of hydrogen-bond acceptors (Lipinski definition) is 1. The lowest BCUT2D eigenvalue weighted by molar-refractivity contribution is 0.418. The van der Waals surface area contributed by atoms with E-state index in [1.165, 1.54) is 47.9 Å². The Morgan fingerprint density at radius 3 is 2.38 bits per heavy atom. The summed E-state index contributed by atoms with van der Waals surface area (Å²) >= 11 is 0. The van der Waals surface area contributed by atoms with Gasteiger partial charge in [0.1, 0.15) is 0 Å². The predicted octanol–water partition coefficient (Wildman–Crippen LogP) is 4.55. The topological polar surface area (TPSA) is 12.0 Å². The molecule has 0 radical (unpaired) electrons. The van der Waals surface area contributed by atoms with E-state index in [9.17, 15) is 0 Å². The van der Waals surface area contributed by atoms with Crippen molar-refractivity contribution in [2.45, 2.75) is 43.6 Å². The van der Waals surface area contributed by atoms with Crippen molar-refractivity contribution in [3.05, 3.63) is 70.8 Å². The summed E-state index contributed by atoms with van der Waals surface area (Å²) in [6, 6.07) is 18.7. The molecular formula is C20H23N. The van der Waals surface area contributed by atoms with E-state index in [2.05, 4.69) is 60.9 Å². The second-order valence-electron chi connectivity index (χ2n) is 6.57. The third-order valence-corrected chi connectivity index (χ3v) is 5.48. The van der Waals surface area contributed by atoms with Crippen LogP contribution in [0.5, 0.6) is 0 Å². The molecule has 0 saturated heterocycles. The molecule has 0 spiro atoms. The van der Waals surface area contributed by atoms with Crippen LogP contribution in [0.25, 0.3) is 0 Å². The van der Waals surface area contributed by atoms with E-state index in [4.69, 9.17) is 0 Å². The summed E-state index contributed by atoms with van der Waals surface area (Å²) in [5.41, 5.74) is 6.02. The van der Waals surface area contributed by atoms with Gasteiger partial charge in [0.25, 0.3) is 0 Å². The van der Waals surface area contributed by atoms with Gasteiger partial charge in [-0.2, -0.15) is 0 Å². The van der Waals surface area contributed by atoms with Crippen molar-refractivity contribution in [2.24, 2.45) is 0 Å². The minimum atomic E-state index is 0.440. The van der Waals surface area contributed by atoms with Gasteiger partial charge in [0.15, 0.2) is 0 Å². The molecule has 1 N–H and O–H groups in total. The number of likely N-dealkylation sites (N-methyl/N-ethyl adjacent to an activating group) is 1. The van der Waals surface area contributed by atoms with Crippen molar-refractivity contribution < 1.29 is 0 Å². The van der Waals surface area contributed by atoms with Gasteiger partial charge in [0.2, 0.25) is 0 Å². The molecule has 0 amide bonds. The van der Waals surface area contributed by atoms with E-state index in [1.807, 2.05) is 0 Å². The van der Waals surface area contributed by atoms with Crippen LogP contribution in [0, 0.1) is 0 Å². The fourth-order valence-electron chi connectivity index (χ4n) is 3.91. The molecular weight excluding hydrogens is 254 g/mol. The second kappa shape index (κ2) is 5.31. The zero-order valence-electron chi connectivity index (χ0n) is 12.7. The zero-order chi connectivity index (χ0) is 14.2. The summed E-state index contributed by atoms with van der Waals surface area (Å²) in [5, 5.41) is 3.54. The highest BCUT2D eigenvalue weighted by molar-refractivity contribution is 5.43. The van der Waals surface area contributed by atoms with Crippen molar-refractivity contribution in [1.29, 1.82) is 0 Å². The lowest BCUT2D eigenvalue weighted by Crippen LogP contribution is -2.31. The predicted molar refractivity (Wildman–Crippen MR) is 87.7 cm³/mol. The van der Waals surface area contributed by atoms with Crippen LogP contribution in [0.4, 0.5) is 0 Å². The van der Waals surface area contributed by atoms with Crippen molar-refractivity contribution in [3.8, 4) is 0 Å². The lowest BCUT2D eigenvalue weighted by atomic mass is 9.71. The fraction of sp³-hybridized carbons (Fsp3) is 0.400. The Balaban J connectivity index is 1.56. The number of rotatable bonds is 4. The molecule has 1 heteroatoms. The summed E-state index contributed by atoms with van der Waals surface area (Å²) in [7, 11) is 2.09. The van der Waals surface area contributed by atoms with E-state index in [0.717, 1.165) is 5.92 Å². The summed E-state index contributed by atoms with van der Waals surface area (Å²) < 4.78 is 0. The monoisotopic (exact) mass is 277 g/mol. The van der Waals surface area contributed by atoms with E-state index in [-0.39, 0.29) is 0 Å². The maximum Gasteiger partial charge on any atom is 0.0390 e. The Labute approximate surface area is 127 Å². The van der Waals surface area contributed by atoms with Crippen molar-refractivity contribution in [1.82, 2.24) is 5.32 Å². The molecule has 2 atom stereocenters. The number of benzene rings is 2. The van der Waals surface area contributed by atoms with Gasteiger partial charge >= 0.3 is 0 Å². The van der Waals surface area contributed by atoms with E-state index >= 15 is 0 Å². The molecule has 108 valence electrons. The maximum atomic E-state index is 3.54. The summed E-state index contributed by atoms with van der Waals surface area (Å²) in [5.74, 6) is 1.46. The molecule has 21 heavy (non-hydrogen) atoms. The van der Waals surface area contributed by atoms with Crippen LogP contribution in [0.2, 0.25) is 0 Å². The van der Waals surface area contributed by atoms with Gasteiger partial charge in [-0.05, 0) is 54.5 Å². The van der Waals surface area contributed by atoms with Crippen LogP contribution in [0.15, 0.2) is 48.5 Å². The van der Waals surface area contributed by atoms with E-state index < -0.39 is 0 Å². The van der Waals surface area contributed by atoms with Crippen molar-refractivity contribution >= 4 is 0 Å². The largest absolute Gasteiger partial charge is 0.312 e. The number of hydrogen-bond donors (Lipinski definition) is 1. The van der Waals surface area contributed by atoms with Gasteiger partial charge in [-0.3, -0.25) is 0 Å². The van der Waals surface area contributed by atoms with Crippen molar-refractivity contribution in [2.75, 3.05) is 7.05 Å². The molecule has 2 aromatic carbocycles. The average molecular weight is 277 g/mol. The first-order valence-corrected chi connectivity index (χ1v) is 8.22. The molecule has 2 aliphatic rings. The Bertz CT molecular complexity index is 625. The molecule has 0 aromatic heterocycles. The average Bonchev–Trinajstić information content (AvgIpc) is 2.44. The summed E-state index contributed by atoms with van der Waals surface area (Å²) in [6.45, 7) is 0. The standard InChI is InChI=1S/C20H23N/c1-21-20(19-13-17-5-2-3-8-18(17)19)16-11-9-15(10-12-16)14-6-4-7-14/h2-3,5,8-12,14,19-21H,4,6-7,13H2,1H3. The molecule has 0 heterocycles. The molecule has 1 fully saturated rings. The third kappa shape index (κ3) is 2.20. The van der Waals surface area contributed by atoms with Crippen LogP contribution in [0.3, 0.4) is 0 Å². The Kier molecular flexibility index (Phi) is 3.31. The molecule has 1 saturated carbocycles. The second-order valence-corrected chi connectivity index (χ2v) is 6.57. The Morgan fingerprint density at radius 2 is 1.76 bits per heavy atom. The smallest absolute Gasteiger partial charge is 0.0390 e. The van der Waals surface area contributed by atoms with Gasteiger partial charge in [-0.15, -0.1) is 0 Å². The van der Waals surface area contributed by atoms with Gasteiger partial charge in [-0.1, -0.05) is 55.0 Å². The van der Waals surface area contributed by atoms with Gasteiger partial charge in [0.05, 0.1) is 0 Å². The molecule has 4 rings (SSSR count). The minimum absolute atomic E-state index is 0.440. The SMILES string of the molecule is CNC(c1ccc(C2CCC2)cc1)C1Cc2ccccc21. The van der Waals surface area contributed by atoms with Gasteiger partial charge in [0, 0.05) is 12.0 Å². The first-order valence-electron chi connectivity index (χ1n) is 8.22. The normalized spacial score (nSPS) is 22.0. The molecule has 2 unspecified atom stereocenters. The summed E-state index contributed by atoms with van der Waals surface area (Å²) in [6.07, 6.45) is 5.37. The first-order chi connectivity index (χ1) is 10.4. The molecule has 1 nitrogen and oxygen atoms in total. The van der Waals surface area contributed by atoms with Crippen LogP contribution < -0.4 is 5.32 Å². The van der Waals surface area contributed by atoms with Crippen LogP contribution in [0.1, 0.15) is 59.4 Å². The Hall–Kier alpha value is -1.60. The fourth-order valence-corrected chi connectivity index (χ4v) is 3.91. The number of fused-ring (bicyclic) bond motifs is 1.